The van der Waals surface area contributed by atoms with Gasteiger partial charge in [0.15, 0.2) is 5.65 Å². The van der Waals surface area contributed by atoms with Crippen molar-refractivity contribution in [1.82, 2.24) is 14.6 Å². The Bertz CT molecular complexity index is 572. The van der Waals surface area contributed by atoms with Gasteiger partial charge in [-0.1, -0.05) is 0 Å². The third-order valence-electron chi connectivity index (χ3n) is 2.18. The quantitative estimate of drug-likeness (QED) is 0.595. The van der Waals surface area contributed by atoms with Gasteiger partial charge in [-0.05, 0) is 32.1 Å². The second kappa shape index (κ2) is 4.78. The van der Waals surface area contributed by atoms with Crippen LogP contribution in [-0.2, 0) is 9.53 Å². The Morgan fingerprint density at radius 1 is 1.59 bits per heavy atom. The summed E-state index contributed by atoms with van der Waals surface area (Å²) in [5.41, 5.74) is 1.56. The molecule has 2 aromatic heterocycles. The van der Waals surface area contributed by atoms with E-state index in [9.17, 15) is 4.79 Å². The van der Waals surface area contributed by atoms with Gasteiger partial charge in [0.05, 0.1) is 6.61 Å². The van der Waals surface area contributed by atoms with E-state index in [1.165, 1.54) is 6.08 Å². The number of aryl methyl sites for hydroxylation is 1. The lowest BCUT2D eigenvalue weighted by atomic mass is 10.2. The molecule has 0 spiro atoms. The van der Waals surface area contributed by atoms with Crippen LogP contribution in [0.5, 0.6) is 0 Å². The lowest BCUT2D eigenvalue weighted by molar-refractivity contribution is -0.137. The van der Waals surface area contributed by atoms with E-state index in [-0.39, 0.29) is 5.97 Å². The first-order chi connectivity index (χ1) is 8.20. The van der Waals surface area contributed by atoms with Crippen LogP contribution in [0.4, 0.5) is 0 Å². The number of carbonyl (C=O) groups is 1. The van der Waals surface area contributed by atoms with Gasteiger partial charge in [0.1, 0.15) is 5.82 Å². The molecular weight excluding hydrogens is 218 g/mol. The molecule has 0 N–H and O–H groups in total. The summed E-state index contributed by atoms with van der Waals surface area (Å²) in [7, 11) is 0. The molecule has 2 heterocycles. The van der Waals surface area contributed by atoms with Gasteiger partial charge in [0.25, 0.3) is 0 Å². The lowest BCUT2D eigenvalue weighted by Crippen LogP contribution is -1.98. The van der Waals surface area contributed by atoms with E-state index in [2.05, 4.69) is 10.1 Å². The first-order valence-corrected chi connectivity index (χ1v) is 5.37. The highest BCUT2D eigenvalue weighted by molar-refractivity contribution is 5.88. The van der Waals surface area contributed by atoms with E-state index in [0.717, 1.165) is 11.2 Å². The summed E-state index contributed by atoms with van der Waals surface area (Å²) in [6.07, 6.45) is 4.89. The van der Waals surface area contributed by atoms with Crippen LogP contribution in [0.25, 0.3) is 11.7 Å². The molecule has 0 amide bonds. The van der Waals surface area contributed by atoms with Gasteiger partial charge >= 0.3 is 5.97 Å². The highest BCUT2D eigenvalue weighted by Crippen LogP contribution is 2.10. The molecule has 2 aromatic rings. The van der Waals surface area contributed by atoms with E-state index < -0.39 is 0 Å². The summed E-state index contributed by atoms with van der Waals surface area (Å²) in [4.78, 5) is 15.5. The molecule has 5 heteroatoms. The number of hydrogen-bond donors (Lipinski definition) is 0. The molecule has 17 heavy (non-hydrogen) atoms. The molecule has 0 aromatic carbocycles. The largest absolute Gasteiger partial charge is 0.463 e. The second-order valence-corrected chi connectivity index (χ2v) is 3.48. The average Bonchev–Trinajstić information content (AvgIpc) is 2.67. The predicted molar refractivity (Wildman–Crippen MR) is 63.4 cm³/mol. The normalized spacial score (nSPS) is 11.2. The van der Waals surface area contributed by atoms with Gasteiger partial charge in [0, 0.05) is 17.8 Å². The third-order valence-corrected chi connectivity index (χ3v) is 2.18. The van der Waals surface area contributed by atoms with E-state index >= 15 is 0 Å². The SMILES string of the molecule is CCOC(=O)C=Cc1cccn2nc(C)nc12. The Morgan fingerprint density at radius 3 is 3.18 bits per heavy atom. The molecule has 0 unspecified atom stereocenters. The molecular formula is C12H13N3O2. The summed E-state index contributed by atoms with van der Waals surface area (Å²) >= 11 is 0. The van der Waals surface area contributed by atoms with Crippen LogP contribution in [0.15, 0.2) is 24.4 Å². The molecule has 0 fully saturated rings. The van der Waals surface area contributed by atoms with Crippen LogP contribution < -0.4 is 0 Å². The topological polar surface area (TPSA) is 56.5 Å². The third kappa shape index (κ3) is 2.50. The average molecular weight is 231 g/mol. The summed E-state index contributed by atoms with van der Waals surface area (Å²) < 4.78 is 6.49. The number of fused-ring (bicyclic) bond motifs is 1. The smallest absolute Gasteiger partial charge is 0.330 e. The summed E-state index contributed by atoms with van der Waals surface area (Å²) in [5, 5.41) is 4.19. The van der Waals surface area contributed by atoms with Crippen LogP contribution in [0.3, 0.4) is 0 Å². The maximum atomic E-state index is 11.2. The van der Waals surface area contributed by atoms with Crippen LogP contribution in [0.2, 0.25) is 0 Å². The van der Waals surface area contributed by atoms with Crippen molar-refractivity contribution in [3.8, 4) is 0 Å². The molecule has 0 atom stereocenters. The van der Waals surface area contributed by atoms with Crippen molar-refractivity contribution < 1.29 is 9.53 Å². The van der Waals surface area contributed by atoms with E-state index in [0.29, 0.717) is 12.4 Å². The Balaban J connectivity index is 2.32. The number of carbonyl (C=O) groups excluding carboxylic acids is 1. The summed E-state index contributed by atoms with van der Waals surface area (Å²) in [5.74, 6) is 0.340. The molecule has 0 saturated carbocycles. The van der Waals surface area contributed by atoms with Gasteiger partial charge in [-0.2, -0.15) is 5.10 Å². The van der Waals surface area contributed by atoms with Crippen molar-refractivity contribution in [3.63, 3.8) is 0 Å². The zero-order valence-corrected chi connectivity index (χ0v) is 9.75. The second-order valence-electron chi connectivity index (χ2n) is 3.48. The Labute approximate surface area is 98.7 Å². The molecule has 88 valence electrons. The van der Waals surface area contributed by atoms with Crippen molar-refractivity contribution in [2.45, 2.75) is 13.8 Å². The lowest BCUT2D eigenvalue weighted by Gasteiger charge is -1.97. The number of esters is 1. The first kappa shape index (κ1) is 11.3. The van der Waals surface area contributed by atoms with Crippen molar-refractivity contribution in [1.29, 1.82) is 0 Å². The van der Waals surface area contributed by atoms with Gasteiger partial charge in [-0.25, -0.2) is 14.3 Å². The van der Waals surface area contributed by atoms with Crippen molar-refractivity contribution in [3.05, 3.63) is 35.8 Å². The molecule has 0 saturated heterocycles. The number of aromatic nitrogens is 3. The fourth-order valence-corrected chi connectivity index (χ4v) is 1.51. The highest BCUT2D eigenvalue weighted by Gasteiger charge is 2.03. The van der Waals surface area contributed by atoms with Crippen LogP contribution in [0, 0.1) is 6.92 Å². The summed E-state index contributed by atoms with van der Waals surface area (Å²) in [6.45, 7) is 3.97. The van der Waals surface area contributed by atoms with Crippen molar-refractivity contribution in [2.24, 2.45) is 0 Å². The number of rotatable bonds is 3. The first-order valence-electron chi connectivity index (χ1n) is 5.37. The minimum Gasteiger partial charge on any atom is -0.463 e. The molecule has 0 radical (unpaired) electrons. The van der Waals surface area contributed by atoms with E-state index in [1.807, 2.05) is 25.3 Å². The standard InChI is InChI=1S/C12H13N3O2/c1-3-17-11(16)7-6-10-5-4-8-15-12(10)13-9(2)14-15/h4-8H,3H2,1-2H3. The predicted octanol–water partition coefficient (Wildman–Crippen LogP) is 1.61. The highest BCUT2D eigenvalue weighted by atomic mass is 16.5. The number of hydrogen-bond acceptors (Lipinski definition) is 4. The zero-order valence-electron chi connectivity index (χ0n) is 9.75. The van der Waals surface area contributed by atoms with Gasteiger partial charge < -0.3 is 4.74 Å². The van der Waals surface area contributed by atoms with Crippen molar-refractivity contribution >= 4 is 17.7 Å². The van der Waals surface area contributed by atoms with Crippen LogP contribution >= 0.6 is 0 Å². The molecule has 0 aliphatic rings. The Hall–Kier alpha value is -2.17. The number of pyridine rings is 1. The van der Waals surface area contributed by atoms with Crippen LogP contribution in [0.1, 0.15) is 18.3 Å². The fourth-order valence-electron chi connectivity index (χ4n) is 1.51. The monoisotopic (exact) mass is 231 g/mol. The molecule has 0 aliphatic carbocycles. The number of ether oxygens (including phenoxy) is 1. The van der Waals surface area contributed by atoms with Gasteiger partial charge in [-0.15, -0.1) is 0 Å². The minimum atomic E-state index is -0.356. The Kier molecular flexibility index (Phi) is 3.18. The van der Waals surface area contributed by atoms with Crippen molar-refractivity contribution in [2.75, 3.05) is 6.61 Å². The van der Waals surface area contributed by atoms with E-state index in [4.69, 9.17) is 4.74 Å². The molecule has 5 nitrogen and oxygen atoms in total. The molecule has 2 rings (SSSR count). The van der Waals surface area contributed by atoms with E-state index in [1.54, 1.807) is 17.5 Å². The molecule has 0 bridgehead atoms. The fraction of sp³-hybridized carbons (Fsp3) is 0.250. The zero-order chi connectivity index (χ0) is 12.3. The van der Waals surface area contributed by atoms with Crippen LogP contribution in [-0.4, -0.2) is 27.2 Å². The Morgan fingerprint density at radius 2 is 2.41 bits per heavy atom. The van der Waals surface area contributed by atoms with Gasteiger partial charge in [-0.3, -0.25) is 0 Å². The maximum Gasteiger partial charge on any atom is 0.330 e. The molecule has 0 aliphatic heterocycles. The van der Waals surface area contributed by atoms with Gasteiger partial charge in [0.2, 0.25) is 0 Å². The summed E-state index contributed by atoms with van der Waals surface area (Å²) in [6, 6.07) is 3.73. The maximum absolute atomic E-state index is 11.2. The minimum absolute atomic E-state index is 0.356. The number of nitrogens with zero attached hydrogens (tertiary/aromatic N) is 3.